The summed E-state index contributed by atoms with van der Waals surface area (Å²) in [5, 5.41) is 15.7. The van der Waals surface area contributed by atoms with Crippen LogP contribution in [0, 0.1) is 0 Å². The topological polar surface area (TPSA) is 169 Å². The first-order valence-corrected chi connectivity index (χ1v) is 23.7. The zero-order chi connectivity index (χ0) is 47.0. The molecule has 5 N–H and O–H groups in total. The molecule has 13 heteroatoms. The molecule has 4 heterocycles. The first-order valence-electron chi connectivity index (χ1n) is 23.7. The number of imidazole rings is 2. The van der Waals surface area contributed by atoms with Crippen molar-refractivity contribution in [1.82, 2.24) is 40.4 Å². The molecular weight excluding hydrogens is 853 g/mol. The van der Waals surface area contributed by atoms with Gasteiger partial charge in [0.15, 0.2) is 5.78 Å². The van der Waals surface area contributed by atoms with E-state index in [0.29, 0.717) is 37.7 Å². The number of carbonyl (C=O) groups is 3. The van der Waals surface area contributed by atoms with E-state index in [1.54, 1.807) is 6.20 Å². The number of rotatable bonds is 18. The molecule has 348 valence electrons. The number of amides is 2. The Morgan fingerprint density at radius 2 is 1.38 bits per heavy atom. The van der Waals surface area contributed by atoms with Gasteiger partial charge < -0.3 is 30.0 Å². The number of hydrogen-bond acceptors (Lipinski definition) is 8. The van der Waals surface area contributed by atoms with Gasteiger partial charge in [0.1, 0.15) is 35.6 Å². The molecule has 5 aromatic carbocycles. The molecular formula is C55H58N8O5. The standard InChI is InChI=1S/C55H58N8O5/c1-3-62(4-2)49(43-15-9-6-10-16-43)52(65)63-32-11-17-48(63)51-56-34-46(59-51)41-24-20-39(21-25-41)40-22-26-42(27-23-40)47-35-57-53(60-47)55(30-12-31-58-55)50(64)45(61-54(66)67)33-37-18-28-44(29-19-37)68-36-38-13-7-5-8-14-38/h5-10,13-16,18-29,34-35,45,48-49,58,61H,3-4,11-12,17,30-33,36H2,1-2H3,(H,56,59)(H,57,60)(H,66,67)/t45-,48-,49+,55+/m0/s1. The Bertz CT molecular complexity index is 2780. The highest BCUT2D eigenvalue weighted by molar-refractivity contribution is 5.96. The molecule has 7 aromatic rings. The maximum absolute atomic E-state index is 14.5. The average molecular weight is 911 g/mol. The van der Waals surface area contributed by atoms with Crippen molar-refractivity contribution in [3.05, 3.63) is 174 Å². The lowest BCUT2D eigenvalue weighted by Gasteiger charge is -2.34. The van der Waals surface area contributed by atoms with Crippen LogP contribution in [-0.4, -0.2) is 84.8 Å². The third kappa shape index (κ3) is 9.85. The molecule has 13 nitrogen and oxygen atoms in total. The molecule has 0 spiro atoms. The van der Waals surface area contributed by atoms with Crippen LogP contribution < -0.4 is 15.4 Å². The van der Waals surface area contributed by atoms with Crippen molar-refractivity contribution in [2.24, 2.45) is 0 Å². The lowest BCUT2D eigenvalue weighted by Crippen LogP contribution is -2.55. The number of ether oxygens (including phenoxy) is 1. The van der Waals surface area contributed by atoms with Crippen molar-refractivity contribution in [3.63, 3.8) is 0 Å². The molecule has 9 rings (SSSR count). The maximum Gasteiger partial charge on any atom is 0.405 e. The summed E-state index contributed by atoms with van der Waals surface area (Å²) in [6, 6.07) is 42.4. The predicted octanol–water partition coefficient (Wildman–Crippen LogP) is 9.49. The van der Waals surface area contributed by atoms with E-state index in [0.717, 1.165) is 88.5 Å². The van der Waals surface area contributed by atoms with Crippen molar-refractivity contribution < 1.29 is 24.2 Å². The van der Waals surface area contributed by atoms with E-state index in [1.807, 2.05) is 108 Å². The summed E-state index contributed by atoms with van der Waals surface area (Å²) >= 11 is 0. The molecule has 0 unspecified atom stereocenters. The fourth-order valence-corrected chi connectivity index (χ4v) is 9.85. The molecule has 2 aliphatic rings. The van der Waals surface area contributed by atoms with Crippen molar-refractivity contribution in [1.29, 1.82) is 0 Å². The van der Waals surface area contributed by atoms with Gasteiger partial charge in [-0.1, -0.05) is 135 Å². The SMILES string of the molecule is CCN(CC)[C@@H](C(=O)N1CCC[C@H]1c1ncc(-c2ccc(-c3ccc(-c4cnc([C@]5(C(=O)[C@H](Cc6ccc(OCc7ccccc7)cc6)NC(=O)O)CCCN5)[nH]4)cc3)cc2)[nH]1)c1ccccc1. The first-order chi connectivity index (χ1) is 33.2. The minimum absolute atomic E-state index is 0.117. The molecule has 2 saturated heterocycles. The average Bonchev–Trinajstić information content (AvgIpc) is 4.24. The van der Waals surface area contributed by atoms with E-state index >= 15 is 0 Å². The number of nitrogens with one attached hydrogen (secondary N) is 4. The molecule has 68 heavy (non-hydrogen) atoms. The molecule has 2 aromatic heterocycles. The van der Waals surface area contributed by atoms with Gasteiger partial charge in [-0.15, -0.1) is 0 Å². The lowest BCUT2D eigenvalue weighted by atomic mass is 9.84. The summed E-state index contributed by atoms with van der Waals surface area (Å²) in [7, 11) is 0. The number of hydrogen-bond donors (Lipinski definition) is 5. The minimum atomic E-state index is -1.27. The van der Waals surface area contributed by atoms with Gasteiger partial charge in [-0.25, -0.2) is 14.8 Å². The fourth-order valence-electron chi connectivity index (χ4n) is 9.85. The van der Waals surface area contributed by atoms with Crippen LogP contribution in [0.1, 0.15) is 80.0 Å². The van der Waals surface area contributed by atoms with Gasteiger partial charge in [-0.3, -0.25) is 19.8 Å². The monoisotopic (exact) mass is 910 g/mol. The van der Waals surface area contributed by atoms with Crippen LogP contribution in [0.25, 0.3) is 33.6 Å². The summed E-state index contributed by atoms with van der Waals surface area (Å²) in [5.41, 5.74) is 7.31. The summed E-state index contributed by atoms with van der Waals surface area (Å²) in [5.74, 6) is 1.78. The maximum atomic E-state index is 14.5. The van der Waals surface area contributed by atoms with Crippen molar-refractivity contribution in [3.8, 4) is 39.4 Å². The zero-order valence-electron chi connectivity index (χ0n) is 38.5. The number of carbonyl (C=O) groups excluding carboxylic acids is 2. The molecule has 0 radical (unpaired) electrons. The Labute approximate surface area is 397 Å². The van der Waals surface area contributed by atoms with Gasteiger partial charge in [-0.05, 0) is 103 Å². The van der Waals surface area contributed by atoms with Crippen molar-refractivity contribution >= 4 is 17.8 Å². The molecule has 2 fully saturated rings. The van der Waals surface area contributed by atoms with E-state index in [4.69, 9.17) is 14.7 Å². The number of likely N-dealkylation sites (tertiary alicyclic amines) is 1. The van der Waals surface area contributed by atoms with Crippen molar-refractivity contribution in [2.45, 2.75) is 76.2 Å². The van der Waals surface area contributed by atoms with Gasteiger partial charge in [0.05, 0.1) is 35.9 Å². The number of aromatic amines is 2. The number of aromatic nitrogens is 4. The van der Waals surface area contributed by atoms with Crippen LogP contribution in [0.5, 0.6) is 5.75 Å². The van der Waals surface area contributed by atoms with Crippen LogP contribution in [0.3, 0.4) is 0 Å². The Kier molecular flexibility index (Phi) is 13.9. The Morgan fingerprint density at radius 3 is 2.00 bits per heavy atom. The fraction of sp³-hybridized carbons (Fsp3) is 0.291. The molecule has 2 aliphatic heterocycles. The largest absolute Gasteiger partial charge is 0.489 e. The third-order valence-electron chi connectivity index (χ3n) is 13.5. The van der Waals surface area contributed by atoms with E-state index in [9.17, 15) is 19.5 Å². The first kappa shape index (κ1) is 45.8. The number of H-pyrrole nitrogens is 2. The van der Waals surface area contributed by atoms with Crippen LogP contribution in [-0.2, 0) is 28.2 Å². The third-order valence-corrected chi connectivity index (χ3v) is 13.5. The van der Waals surface area contributed by atoms with Crippen LogP contribution >= 0.6 is 0 Å². The molecule has 0 bridgehead atoms. The number of nitrogens with zero attached hydrogens (tertiary/aromatic N) is 4. The van der Waals surface area contributed by atoms with Gasteiger partial charge in [-0.2, -0.15) is 0 Å². The highest BCUT2D eigenvalue weighted by Gasteiger charge is 2.48. The second-order valence-corrected chi connectivity index (χ2v) is 17.6. The normalized spacial score (nSPS) is 17.8. The number of likely N-dealkylation sites (N-methyl/N-ethyl adjacent to an activating group) is 1. The molecule has 4 atom stereocenters. The van der Waals surface area contributed by atoms with E-state index in [-0.39, 0.29) is 30.2 Å². The van der Waals surface area contributed by atoms with Gasteiger partial charge in [0, 0.05) is 6.54 Å². The van der Waals surface area contributed by atoms with Crippen LogP contribution in [0.4, 0.5) is 4.79 Å². The van der Waals surface area contributed by atoms with Crippen LogP contribution in [0.2, 0.25) is 0 Å². The lowest BCUT2D eigenvalue weighted by molar-refractivity contribution is -0.138. The Morgan fingerprint density at radius 1 is 0.765 bits per heavy atom. The second kappa shape index (κ2) is 20.7. The summed E-state index contributed by atoms with van der Waals surface area (Å²) in [4.78, 5) is 61.6. The predicted molar refractivity (Wildman–Crippen MR) is 263 cm³/mol. The second-order valence-electron chi connectivity index (χ2n) is 17.6. The molecule has 2 amide bonds. The van der Waals surface area contributed by atoms with E-state index in [2.05, 4.69) is 75.7 Å². The number of benzene rings is 5. The molecule has 0 saturated carbocycles. The summed E-state index contributed by atoms with van der Waals surface area (Å²) in [6.45, 7) is 7.49. The summed E-state index contributed by atoms with van der Waals surface area (Å²) in [6.07, 6.45) is 5.48. The minimum Gasteiger partial charge on any atom is -0.489 e. The van der Waals surface area contributed by atoms with Crippen LogP contribution in [0.15, 0.2) is 146 Å². The van der Waals surface area contributed by atoms with E-state index in [1.165, 1.54) is 0 Å². The van der Waals surface area contributed by atoms with Gasteiger partial charge >= 0.3 is 6.09 Å². The highest BCUT2D eigenvalue weighted by Crippen LogP contribution is 2.37. The Balaban J connectivity index is 0.859. The smallest absolute Gasteiger partial charge is 0.405 e. The quantitative estimate of drug-likeness (QED) is 0.0563. The Hall–Kier alpha value is -7.35. The molecule has 0 aliphatic carbocycles. The number of ketones is 1. The summed E-state index contributed by atoms with van der Waals surface area (Å²) < 4.78 is 5.94. The van der Waals surface area contributed by atoms with Gasteiger partial charge in [0.25, 0.3) is 0 Å². The number of carboxylic acid groups (broad SMARTS) is 1. The number of Topliss-reactive ketones (excluding diaryl/α,β-unsaturated/α-hetero) is 1. The zero-order valence-corrected chi connectivity index (χ0v) is 38.5. The van der Waals surface area contributed by atoms with E-state index < -0.39 is 17.7 Å². The van der Waals surface area contributed by atoms with Gasteiger partial charge in [0.2, 0.25) is 5.91 Å². The highest BCUT2D eigenvalue weighted by atomic mass is 16.5. The van der Waals surface area contributed by atoms with Crippen molar-refractivity contribution in [2.75, 3.05) is 26.2 Å².